The summed E-state index contributed by atoms with van der Waals surface area (Å²) in [5.74, 6) is 0. The van der Waals surface area contributed by atoms with Crippen LogP contribution < -0.4 is 5.32 Å². The summed E-state index contributed by atoms with van der Waals surface area (Å²) in [5.41, 5.74) is 1.27. The highest BCUT2D eigenvalue weighted by Gasteiger charge is 2.22. The molecule has 7 heteroatoms. The zero-order valence-electron chi connectivity index (χ0n) is 12.9. The molecule has 0 bridgehead atoms. The van der Waals surface area contributed by atoms with Crippen molar-refractivity contribution in [2.24, 2.45) is 0 Å². The topological polar surface area (TPSA) is 58.4 Å². The van der Waals surface area contributed by atoms with Gasteiger partial charge in [0.1, 0.15) is 0 Å². The van der Waals surface area contributed by atoms with Gasteiger partial charge in [-0.15, -0.1) is 24.8 Å². The summed E-state index contributed by atoms with van der Waals surface area (Å²) >= 11 is 0. The molecule has 0 amide bonds. The van der Waals surface area contributed by atoms with Gasteiger partial charge in [-0.05, 0) is 12.0 Å². The molecule has 0 unspecified atom stereocenters. The van der Waals surface area contributed by atoms with Crippen molar-refractivity contribution in [3.63, 3.8) is 0 Å². The second-order valence-corrected chi connectivity index (χ2v) is 5.30. The van der Waals surface area contributed by atoms with Gasteiger partial charge in [0.2, 0.25) is 0 Å². The first-order valence-corrected chi connectivity index (χ1v) is 7.41. The Morgan fingerprint density at radius 2 is 2.00 bits per heavy atom. The van der Waals surface area contributed by atoms with E-state index in [0.717, 1.165) is 51.0 Å². The lowest BCUT2D eigenvalue weighted by molar-refractivity contribution is -0.385. The number of unbranched alkanes of at least 4 members (excludes halogenated alkanes) is 1. The molecule has 0 aromatic heterocycles. The number of nitro benzene ring substituents is 1. The quantitative estimate of drug-likeness (QED) is 0.629. The van der Waals surface area contributed by atoms with Gasteiger partial charge in [0.15, 0.2) is 0 Å². The Morgan fingerprint density at radius 1 is 1.32 bits per heavy atom. The van der Waals surface area contributed by atoms with Crippen molar-refractivity contribution >= 4 is 30.5 Å². The lowest BCUT2D eigenvalue weighted by Gasteiger charge is -2.35. The van der Waals surface area contributed by atoms with E-state index in [2.05, 4.69) is 17.1 Å². The molecule has 2 rings (SSSR count). The molecule has 1 heterocycles. The molecule has 126 valence electrons. The van der Waals surface area contributed by atoms with Crippen LogP contribution in [0.4, 0.5) is 5.69 Å². The largest absolute Gasteiger partial charge is 0.314 e. The number of nitrogens with one attached hydrogen (secondary N) is 1. The number of nitrogens with zero attached hydrogens (tertiary/aromatic N) is 2. The monoisotopic (exact) mass is 349 g/mol. The van der Waals surface area contributed by atoms with Crippen LogP contribution in [0.5, 0.6) is 0 Å². The van der Waals surface area contributed by atoms with Crippen LogP contribution in [0.15, 0.2) is 24.3 Å². The van der Waals surface area contributed by atoms with Crippen LogP contribution in [-0.2, 0) is 0 Å². The number of rotatable bonds is 6. The van der Waals surface area contributed by atoms with Gasteiger partial charge in [0, 0.05) is 44.4 Å². The molecule has 1 N–H and O–H groups in total. The predicted octanol–water partition coefficient (Wildman–Crippen LogP) is 3.57. The van der Waals surface area contributed by atoms with Gasteiger partial charge < -0.3 is 5.32 Å². The van der Waals surface area contributed by atoms with Crippen molar-refractivity contribution in [1.82, 2.24) is 10.2 Å². The molecule has 5 nitrogen and oxygen atoms in total. The third-order valence-corrected chi connectivity index (χ3v) is 3.89. The number of halogens is 2. The lowest BCUT2D eigenvalue weighted by atomic mass is 9.98. The van der Waals surface area contributed by atoms with Gasteiger partial charge in [0.25, 0.3) is 5.69 Å². The van der Waals surface area contributed by atoms with Gasteiger partial charge in [0.05, 0.1) is 4.92 Å². The molecular formula is C15H25Cl2N3O2. The standard InChI is InChI=1S/C15H23N3O2.2ClH/c1-2-3-7-15(17-10-8-16-9-11-17)13-5-4-6-14(12-13)18(19)20;;/h4-6,12,15-16H,2-3,7-11H2,1H3;2*1H/t15-;;/m1../s1. The number of non-ortho nitro benzene ring substituents is 1. The van der Waals surface area contributed by atoms with Crippen molar-refractivity contribution in [3.8, 4) is 0 Å². The van der Waals surface area contributed by atoms with Gasteiger partial charge in [-0.25, -0.2) is 0 Å². The van der Waals surface area contributed by atoms with Gasteiger partial charge in [-0.1, -0.05) is 31.9 Å². The van der Waals surface area contributed by atoms with E-state index in [4.69, 9.17) is 0 Å². The first-order chi connectivity index (χ1) is 9.72. The van der Waals surface area contributed by atoms with Crippen molar-refractivity contribution in [1.29, 1.82) is 0 Å². The Bertz CT molecular complexity index is 454. The fourth-order valence-corrected chi connectivity index (χ4v) is 2.80. The third kappa shape index (κ3) is 5.72. The second kappa shape index (κ2) is 10.8. The smallest absolute Gasteiger partial charge is 0.269 e. The van der Waals surface area contributed by atoms with E-state index >= 15 is 0 Å². The van der Waals surface area contributed by atoms with Gasteiger partial charge in [-0.3, -0.25) is 15.0 Å². The van der Waals surface area contributed by atoms with Crippen LogP contribution in [0.25, 0.3) is 0 Å². The summed E-state index contributed by atoms with van der Waals surface area (Å²) < 4.78 is 0. The van der Waals surface area contributed by atoms with Gasteiger partial charge in [-0.2, -0.15) is 0 Å². The fourth-order valence-electron chi connectivity index (χ4n) is 2.80. The normalized spacial score (nSPS) is 16.2. The summed E-state index contributed by atoms with van der Waals surface area (Å²) in [4.78, 5) is 13.1. The molecule has 0 radical (unpaired) electrons. The second-order valence-electron chi connectivity index (χ2n) is 5.30. The molecule has 0 saturated carbocycles. The zero-order chi connectivity index (χ0) is 14.4. The minimum atomic E-state index is -0.307. The SMILES string of the molecule is CCCC[C@H](c1cccc([N+](=O)[O-])c1)N1CCNCC1.Cl.Cl. The maximum Gasteiger partial charge on any atom is 0.269 e. The highest BCUT2D eigenvalue weighted by Crippen LogP contribution is 2.29. The summed E-state index contributed by atoms with van der Waals surface area (Å²) in [6.07, 6.45) is 3.37. The fraction of sp³-hybridized carbons (Fsp3) is 0.600. The van der Waals surface area contributed by atoms with Crippen LogP contribution in [0, 0.1) is 10.1 Å². The van der Waals surface area contributed by atoms with E-state index in [-0.39, 0.29) is 35.4 Å². The van der Waals surface area contributed by atoms with Crippen molar-refractivity contribution in [2.45, 2.75) is 32.2 Å². The molecule has 0 spiro atoms. The lowest BCUT2D eigenvalue weighted by Crippen LogP contribution is -2.45. The summed E-state index contributed by atoms with van der Waals surface area (Å²) in [5, 5.41) is 14.3. The highest BCUT2D eigenvalue weighted by atomic mass is 35.5. The predicted molar refractivity (Wildman–Crippen MR) is 94.3 cm³/mol. The number of hydrogen-bond donors (Lipinski definition) is 1. The Balaban J connectivity index is 0.00000220. The number of benzene rings is 1. The molecule has 1 aliphatic heterocycles. The van der Waals surface area contributed by atoms with E-state index in [0.29, 0.717) is 6.04 Å². The van der Waals surface area contributed by atoms with Crippen LogP contribution in [0.2, 0.25) is 0 Å². The maximum absolute atomic E-state index is 10.9. The Labute approximate surface area is 144 Å². The summed E-state index contributed by atoms with van der Waals surface area (Å²) in [6.45, 7) is 6.20. The van der Waals surface area contributed by atoms with Crippen molar-refractivity contribution in [2.75, 3.05) is 26.2 Å². The molecular weight excluding hydrogens is 325 g/mol. The zero-order valence-corrected chi connectivity index (χ0v) is 14.5. The number of piperazine rings is 1. The molecule has 1 aromatic carbocycles. The number of nitro groups is 1. The third-order valence-electron chi connectivity index (χ3n) is 3.89. The molecule has 1 aliphatic rings. The van der Waals surface area contributed by atoms with E-state index in [1.807, 2.05) is 6.07 Å². The van der Waals surface area contributed by atoms with E-state index in [9.17, 15) is 10.1 Å². The molecule has 0 aliphatic carbocycles. The summed E-state index contributed by atoms with van der Waals surface area (Å²) in [7, 11) is 0. The maximum atomic E-state index is 10.9. The average molecular weight is 350 g/mol. The van der Waals surface area contributed by atoms with Crippen molar-refractivity contribution < 1.29 is 4.92 Å². The Kier molecular flexibility index (Phi) is 10.3. The molecule has 22 heavy (non-hydrogen) atoms. The Morgan fingerprint density at radius 3 is 2.59 bits per heavy atom. The minimum Gasteiger partial charge on any atom is -0.314 e. The average Bonchev–Trinajstić information content (AvgIpc) is 2.49. The molecule has 1 atom stereocenters. The van der Waals surface area contributed by atoms with E-state index in [1.165, 1.54) is 0 Å². The van der Waals surface area contributed by atoms with Crippen LogP contribution in [0.3, 0.4) is 0 Å². The van der Waals surface area contributed by atoms with Crippen LogP contribution in [-0.4, -0.2) is 36.0 Å². The molecule has 1 aromatic rings. The molecule has 1 saturated heterocycles. The highest BCUT2D eigenvalue weighted by molar-refractivity contribution is 5.85. The minimum absolute atomic E-state index is 0. The van der Waals surface area contributed by atoms with Crippen molar-refractivity contribution in [3.05, 3.63) is 39.9 Å². The van der Waals surface area contributed by atoms with E-state index in [1.54, 1.807) is 18.2 Å². The molecule has 1 fully saturated rings. The number of hydrogen-bond acceptors (Lipinski definition) is 4. The first-order valence-electron chi connectivity index (χ1n) is 7.41. The van der Waals surface area contributed by atoms with E-state index < -0.39 is 0 Å². The summed E-state index contributed by atoms with van der Waals surface area (Å²) in [6, 6.07) is 7.43. The van der Waals surface area contributed by atoms with Gasteiger partial charge >= 0.3 is 0 Å². The van der Waals surface area contributed by atoms with Crippen LogP contribution >= 0.6 is 24.8 Å². The van der Waals surface area contributed by atoms with Crippen LogP contribution in [0.1, 0.15) is 37.8 Å². The Hall–Kier alpha value is -0.880. The first kappa shape index (κ1) is 21.1.